The van der Waals surface area contributed by atoms with Gasteiger partial charge in [-0.2, -0.15) is 4.91 Å². The first-order chi connectivity index (χ1) is 15.7. The van der Waals surface area contributed by atoms with Crippen LogP contribution in [0.2, 0.25) is 0 Å². The Bertz CT molecular complexity index is 1240. The van der Waals surface area contributed by atoms with E-state index in [1.807, 2.05) is 55.5 Å². The van der Waals surface area contributed by atoms with E-state index in [-0.39, 0.29) is 6.54 Å². The summed E-state index contributed by atoms with van der Waals surface area (Å²) < 4.78 is 8.49. The second-order valence-electron chi connectivity index (χ2n) is 8.60. The van der Waals surface area contributed by atoms with Gasteiger partial charge in [0.1, 0.15) is 23.9 Å². The molecule has 0 aliphatic heterocycles. The fraction of sp³-hybridized carbons (Fsp3) is 0.296. The third-order valence-electron chi connectivity index (χ3n) is 6.37. The predicted molar refractivity (Wildman–Crippen MR) is 128 cm³/mol. The molecule has 0 atom stereocenters. The second kappa shape index (κ2) is 8.95. The lowest BCUT2D eigenvalue weighted by Crippen LogP contribution is -2.14. The molecule has 0 radical (unpaired) electrons. The van der Waals surface area contributed by atoms with Gasteiger partial charge in [0.05, 0.1) is 11.0 Å². The first-order valence-electron chi connectivity index (χ1n) is 11.4. The number of para-hydroxylation sites is 1. The number of nitrogens with zero attached hydrogens (tertiary/aromatic N) is 3. The molecule has 0 spiro atoms. The molecule has 1 fully saturated rings. The Morgan fingerprint density at radius 1 is 1.00 bits per heavy atom. The molecular formula is C27H27N3O2. The van der Waals surface area contributed by atoms with Gasteiger partial charge in [0.25, 0.3) is 0 Å². The third kappa shape index (κ3) is 4.03. The molecule has 1 aliphatic rings. The molecule has 5 rings (SSSR count). The molecule has 0 N–H and O–H groups in total. The van der Waals surface area contributed by atoms with E-state index < -0.39 is 0 Å². The lowest BCUT2D eigenvalue weighted by atomic mass is 9.95. The Morgan fingerprint density at radius 2 is 1.78 bits per heavy atom. The van der Waals surface area contributed by atoms with E-state index in [2.05, 4.69) is 27.9 Å². The zero-order valence-corrected chi connectivity index (χ0v) is 18.3. The predicted octanol–water partition coefficient (Wildman–Crippen LogP) is 7.58. The highest BCUT2D eigenvalue weighted by Crippen LogP contribution is 2.37. The number of imidazole rings is 1. The summed E-state index contributed by atoms with van der Waals surface area (Å²) in [7, 11) is 0. The number of hydrogen-bond donors (Lipinski definition) is 0. The van der Waals surface area contributed by atoms with Crippen LogP contribution in [0.1, 0.15) is 49.3 Å². The maximum absolute atomic E-state index is 10.7. The van der Waals surface area contributed by atoms with Gasteiger partial charge < -0.3 is 9.30 Å². The first-order valence-corrected chi connectivity index (χ1v) is 11.4. The summed E-state index contributed by atoms with van der Waals surface area (Å²) in [6.45, 7) is 2.22. The summed E-state index contributed by atoms with van der Waals surface area (Å²) in [6.07, 6.45) is 6.15. The van der Waals surface area contributed by atoms with Crippen LogP contribution >= 0.6 is 0 Å². The monoisotopic (exact) mass is 425 g/mol. The molecule has 32 heavy (non-hydrogen) atoms. The van der Waals surface area contributed by atoms with E-state index in [1.54, 1.807) is 0 Å². The van der Waals surface area contributed by atoms with Gasteiger partial charge in [-0.1, -0.05) is 48.7 Å². The lowest BCUT2D eigenvalue weighted by Gasteiger charge is -2.25. The Kier molecular flexibility index (Phi) is 5.71. The van der Waals surface area contributed by atoms with Crippen molar-refractivity contribution < 1.29 is 4.74 Å². The van der Waals surface area contributed by atoms with Crippen LogP contribution in [0, 0.1) is 11.8 Å². The Hall–Kier alpha value is -3.47. The largest absolute Gasteiger partial charge is 0.457 e. The number of rotatable bonds is 6. The molecule has 1 heterocycles. The van der Waals surface area contributed by atoms with Crippen LogP contribution in [0.25, 0.3) is 22.4 Å². The number of aromatic nitrogens is 2. The number of aryl methyl sites for hydroxylation is 1. The van der Waals surface area contributed by atoms with Crippen molar-refractivity contribution in [2.45, 2.75) is 51.6 Å². The SMILES string of the molecule is Cc1ccccc1Oc1ccc(-c2nc3cc(CN=O)ccc3n2C2CCCCC2)cc1. The normalized spacial score (nSPS) is 14.5. The van der Waals surface area contributed by atoms with Crippen LogP contribution in [-0.4, -0.2) is 9.55 Å². The average molecular weight is 426 g/mol. The molecule has 1 aliphatic carbocycles. The van der Waals surface area contributed by atoms with Crippen molar-refractivity contribution in [3.63, 3.8) is 0 Å². The maximum atomic E-state index is 10.7. The zero-order valence-electron chi connectivity index (χ0n) is 18.3. The highest BCUT2D eigenvalue weighted by atomic mass is 16.5. The second-order valence-corrected chi connectivity index (χ2v) is 8.60. The number of benzene rings is 3. The smallest absolute Gasteiger partial charge is 0.141 e. The number of ether oxygens (including phenoxy) is 1. The van der Waals surface area contributed by atoms with E-state index in [9.17, 15) is 4.91 Å². The molecule has 5 nitrogen and oxygen atoms in total. The highest BCUT2D eigenvalue weighted by molar-refractivity contribution is 5.81. The van der Waals surface area contributed by atoms with Crippen molar-refractivity contribution in [2.75, 3.05) is 0 Å². The Morgan fingerprint density at radius 3 is 2.53 bits per heavy atom. The summed E-state index contributed by atoms with van der Waals surface area (Å²) >= 11 is 0. The van der Waals surface area contributed by atoms with Gasteiger partial charge in [-0.3, -0.25) is 0 Å². The highest BCUT2D eigenvalue weighted by Gasteiger charge is 2.22. The van der Waals surface area contributed by atoms with Crippen LogP contribution in [0.4, 0.5) is 0 Å². The lowest BCUT2D eigenvalue weighted by molar-refractivity contribution is 0.362. The van der Waals surface area contributed by atoms with Crippen LogP contribution < -0.4 is 4.74 Å². The standard InChI is InChI=1S/C27H27N3O2/c1-19-7-5-6-10-26(19)32-23-14-12-21(13-15-23)27-29-24-17-20(18-28-31)11-16-25(24)30(27)22-8-3-2-4-9-22/h5-7,10-17,22H,2-4,8-9,18H2,1H3. The quantitative estimate of drug-likeness (QED) is 0.299. The van der Waals surface area contributed by atoms with Gasteiger partial charge in [0.15, 0.2) is 0 Å². The third-order valence-corrected chi connectivity index (χ3v) is 6.37. The zero-order chi connectivity index (χ0) is 21.9. The van der Waals surface area contributed by atoms with Crippen LogP contribution in [0.3, 0.4) is 0 Å². The van der Waals surface area contributed by atoms with Crippen molar-refractivity contribution in [1.82, 2.24) is 9.55 Å². The van der Waals surface area contributed by atoms with Gasteiger partial charge in [-0.15, -0.1) is 0 Å². The van der Waals surface area contributed by atoms with Crippen LogP contribution in [0.15, 0.2) is 71.9 Å². The molecule has 4 aromatic rings. The van der Waals surface area contributed by atoms with E-state index in [0.717, 1.165) is 45.0 Å². The molecule has 0 unspecified atom stereocenters. The number of hydrogen-bond acceptors (Lipinski definition) is 4. The number of nitroso groups, excluding NO2 is 1. The summed E-state index contributed by atoms with van der Waals surface area (Å²) in [6, 6.07) is 22.7. The summed E-state index contributed by atoms with van der Waals surface area (Å²) in [5.41, 5.74) is 5.12. The van der Waals surface area contributed by atoms with Gasteiger partial charge in [-0.25, -0.2) is 4.98 Å². The molecule has 0 bridgehead atoms. The Balaban J connectivity index is 1.53. The molecule has 5 heteroatoms. The number of fused-ring (bicyclic) bond motifs is 1. The first kappa shape index (κ1) is 20.4. The van der Waals surface area contributed by atoms with Gasteiger partial charge in [-0.05, 0) is 73.4 Å². The Labute approximate surface area is 188 Å². The molecule has 162 valence electrons. The van der Waals surface area contributed by atoms with Crippen LogP contribution in [-0.2, 0) is 6.54 Å². The summed E-state index contributed by atoms with van der Waals surface area (Å²) in [5, 5.41) is 3.04. The molecule has 0 saturated heterocycles. The minimum Gasteiger partial charge on any atom is -0.457 e. The van der Waals surface area contributed by atoms with Gasteiger partial charge >= 0.3 is 0 Å². The maximum Gasteiger partial charge on any atom is 0.141 e. The topological polar surface area (TPSA) is 56.5 Å². The fourth-order valence-electron chi connectivity index (χ4n) is 4.70. The minimum absolute atomic E-state index is 0.173. The average Bonchev–Trinajstić information content (AvgIpc) is 3.21. The molecule has 3 aromatic carbocycles. The fourth-order valence-corrected chi connectivity index (χ4v) is 4.70. The van der Waals surface area contributed by atoms with Crippen molar-refractivity contribution in [1.29, 1.82) is 0 Å². The van der Waals surface area contributed by atoms with Crippen molar-refractivity contribution in [3.8, 4) is 22.9 Å². The molecular weight excluding hydrogens is 398 g/mol. The van der Waals surface area contributed by atoms with E-state index in [4.69, 9.17) is 9.72 Å². The van der Waals surface area contributed by atoms with E-state index >= 15 is 0 Å². The van der Waals surface area contributed by atoms with Gasteiger partial charge in [0.2, 0.25) is 0 Å². The molecule has 1 saturated carbocycles. The van der Waals surface area contributed by atoms with Gasteiger partial charge in [0, 0.05) is 11.6 Å². The van der Waals surface area contributed by atoms with E-state index in [1.165, 1.54) is 32.1 Å². The van der Waals surface area contributed by atoms with E-state index in [0.29, 0.717) is 6.04 Å². The molecule has 0 amide bonds. The minimum atomic E-state index is 0.173. The van der Waals surface area contributed by atoms with Crippen molar-refractivity contribution in [2.24, 2.45) is 5.18 Å². The van der Waals surface area contributed by atoms with Crippen molar-refractivity contribution >= 4 is 11.0 Å². The molecule has 1 aromatic heterocycles. The summed E-state index contributed by atoms with van der Waals surface area (Å²) in [4.78, 5) is 15.8. The van der Waals surface area contributed by atoms with Crippen LogP contribution in [0.5, 0.6) is 11.5 Å². The van der Waals surface area contributed by atoms with Crippen molar-refractivity contribution in [3.05, 3.63) is 82.8 Å². The summed E-state index contributed by atoms with van der Waals surface area (Å²) in [5.74, 6) is 2.65.